The largest absolute Gasteiger partial charge is 0.496 e. The lowest BCUT2D eigenvalue weighted by atomic mass is 9.86. The minimum atomic E-state index is 0.145. The number of methoxy groups -OCH3 is 2. The first-order valence-corrected chi connectivity index (χ1v) is 8.85. The van der Waals surface area contributed by atoms with E-state index in [1.54, 1.807) is 14.2 Å². The van der Waals surface area contributed by atoms with Gasteiger partial charge >= 0.3 is 0 Å². The molecule has 2 aromatic rings. The molecule has 0 amide bonds. The van der Waals surface area contributed by atoms with Gasteiger partial charge in [-0.3, -0.25) is 0 Å². The molecule has 0 aliphatic rings. The van der Waals surface area contributed by atoms with Crippen molar-refractivity contribution in [3.63, 3.8) is 0 Å². The van der Waals surface area contributed by atoms with Gasteiger partial charge in [-0.05, 0) is 52.9 Å². The third kappa shape index (κ3) is 4.76. The van der Waals surface area contributed by atoms with E-state index in [1.807, 2.05) is 24.3 Å². The molecule has 3 heteroatoms. The Bertz CT molecular complexity index is 628. The van der Waals surface area contributed by atoms with Gasteiger partial charge in [0.2, 0.25) is 0 Å². The van der Waals surface area contributed by atoms with Gasteiger partial charge in [0.25, 0.3) is 0 Å². The highest BCUT2D eigenvalue weighted by atomic mass is 16.5. The van der Waals surface area contributed by atoms with E-state index in [0.29, 0.717) is 0 Å². The molecule has 3 nitrogen and oxygen atoms in total. The number of ether oxygens (including phenoxy) is 2. The van der Waals surface area contributed by atoms with Crippen molar-refractivity contribution in [1.82, 2.24) is 4.90 Å². The molecule has 0 spiro atoms. The molecule has 0 heterocycles. The lowest BCUT2D eigenvalue weighted by molar-refractivity contribution is 0.171. The Morgan fingerprint density at radius 2 is 1.28 bits per heavy atom. The van der Waals surface area contributed by atoms with Crippen LogP contribution in [0.3, 0.4) is 0 Å². The van der Waals surface area contributed by atoms with Gasteiger partial charge < -0.3 is 14.4 Å². The highest BCUT2D eigenvalue weighted by Gasteiger charge is 2.24. The van der Waals surface area contributed by atoms with Crippen molar-refractivity contribution >= 4 is 0 Å². The van der Waals surface area contributed by atoms with Crippen molar-refractivity contribution in [3.05, 3.63) is 59.7 Å². The van der Waals surface area contributed by atoms with E-state index >= 15 is 0 Å². The second-order valence-electron chi connectivity index (χ2n) is 7.42. The van der Waals surface area contributed by atoms with Crippen LogP contribution >= 0.6 is 0 Å². The molecule has 0 aliphatic heterocycles. The molecular weight excluding hydrogens is 310 g/mol. The third-order valence-corrected chi connectivity index (χ3v) is 4.93. The molecule has 0 N–H and O–H groups in total. The van der Waals surface area contributed by atoms with Crippen LogP contribution < -0.4 is 9.47 Å². The maximum Gasteiger partial charge on any atom is 0.122 e. The van der Waals surface area contributed by atoms with Crippen LogP contribution in [0, 0.1) is 0 Å². The van der Waals surface area contributed by atoms with Crippen molar-refractivity contribution in [1.29, 1.82) is 0 Å². The van der Waals surface area contributed by atoms with Crippen molar-refractivity contribution < 1.29 is 9.47 Å². The zero-order valence-corrected chi connectivity index (χ0v) is 16.4. The lowest BCUT2D eigenvalue weighted by Gasteiger charge is -2.33. The van der Waals surface area contributed by atoms with Crippen molar-refractivity contribution in [2.75, 3.05) is 27.8 Å². The van der Waals surface area contributed by atoms with Crippen molar-refractivity contribution in [3.8, 4) is 11.5 Å². The van der Waals surface area contributed by atoms with Crippen LogP contribution in [0.2, 0.25) is 0 Å². The van der Waals surface area contributed by atoms with Crippen molar-refractivity contribution in [2.24, 2.45) is 0 Å². The molecule has 136 valence electrons. The predicted molar refractivity (Wildman–Crippen MR) is 105 cm³/mol. The number of benzene rings is 2. The van der Waals surface area contributed by atoms with Crippen LogP contribution in [0.15, 0.2) is 48.5 Å². The number of rotatable bonds is 7. The molecule has 0 aromatic heterocycles. The quantitative estimate of drug-likeness (QED) is 0.711. The monoisotopic (exact) mass is 341 g/mol. The van der Waals surface area contributed by atoms with Crippen LogP contribution in [0.5, 0.6) is 11.5 Å². The number of hydrogen-bond acceptors (Lipinski definition) is 3. The molecule has 0 atom stereocenters. The lowest BCUT2D eigenvalue weighted by Crippen LogP contribution is -2.39. The third-order valence-electron chi connectivity index (χ3n) is 4.93. The van der Waals surface area contributed by atoms with Gasteiger partial charge in [0.1, 0.15) is 11.5 Å². The smallest absolute Gasteiger partial charge is 0.122 e. The molecule has 0 radical (unpaired) electrons. The first kappa shape index (κ1) is 19.3. The summed E-state index contributed by atoms with van der Waals surface area (Å²) in [5.41, 5.74) is 2.56. The summed E-state index contributed by atoms with van der Waals surface area (Å²) >= 11 is 0. The van der Waals surface area contributed by atoms with Crippen molar-refractivity contribution in [2.45, 2.75) is 38.6 Å². The maximum atomic E-state index is 5.64. The summed E-state index contributed by atoms with van der Waals surface area (Å²) in [5.74, 6) is 2.07. The van der Waals surface area contributed by atoms with Gasteiger partial charge in [-0.2, -0.15) is 0 Å². The zero-order valence-electron chi connectivity index (χ0n) is 16.4. The Hall–Kier alpha value is -2.00. The van der Waals surface area contributed by atoms with Crippen LogP contribution in [0.4, 0.5) is 0 Å². The molecule has 0 fully saturated rings. The minimum absolute atomic E-state index is 0.145. The van der Waals surface area contributed by atoms with E-state index in [2.05, 4.69) is 57.0 Å². The molecule has 0 bridgehead atoms. The first-order chi connectivity index (χ1) is 11.9. The Kier molecular flexibility index (Phi) is 6.49. The fraction of sp³-hybridized carbons (Fsp3) is 0.455. The summed E-state index contributed by atoms with van der Waals surface area (Å²) in [6.07, 6.45) is 0.995. The molecule has 0 saturated heterocycles. The van der Waals surface area contributed by atoms with E-state index in [0.717, 1.165) is 24.5 Å². The van der Waals surface area contributed by atoms with Gasteiger partial charge in [0.15, 0.2) is 0 Å². The van der Waals surface area contributed by atoms with E-state index in [1.165, 1.54) is 11.1 Å². The van der Waals surface area contributed by atoms with Gasteiger partial charge in [-0.25, -0.2) is 0 Å². The molecule has 2 rings (SSSR count). The Balaban J connectivity index is 2.41. The summed E-state index contributed by atoms with van der Waals surface area (Å²) in [6.45, 7) is 7.72. The standard InChI is InChI=1S/C22H31NO2/c1-22(2,3)23(4)16-15-17(18-11-7-9-13-20(18)24-5)19-12-8-10-14-21(19)25-6/h7-14,17H,15-16H2,1-6H3. The SMILES string of the molecule is COc1ccccc1C(CCN(C)C(C)(C)C)c1ccccc1OC. The summed E-state index contributed by atoms with van der Waals surface area (Å²) in [7, 11) is 5.65. The Labute approximate surface area is 152 Å². The average molecular weight is 341 g/mol. The Morgan fingerprint density at radius 3 is 1.68 bits per heavy atom. The summed E-state index contributed by atoms with van der Waals surface area (Å²) in [6, 6.07) is 16.6. The van der Waals surface area contributed by atoms with Crippen LogP contribution in [-0.4, -0.2) is 38.3 Å². The molecule has 0 aliphatic carbocycles. The second kappa shape index (κ2) is 8.39. The summed E-state index contributed by atoms with van der Waals surface area (Å²) in [5, 5.41) is 0. The predicted octanol–water partition coefficient (Wildman–Crippen LogP) is 4.96. The van der Waals surface area contributed by atoms with Crippen LogP contribution in [0.1, 0.15) is 44.2 Å². The van der Waals surface area contributed by atoms with Gasteiger partial charge in [0, 0.05) is 22.6 Å². The number of hydrogen-bond donors (Lipinski definition) is 0. The fourth-order valence-corrected chi connectivity index (χ4v) is 3.05. The molecule has 25 heavy (non-hydrogen) atoms. The van der Waals surface area contributed by atoms with Gasteiger partial charge in [0.05, 0.1) is 14.2 Å². The second-order valence-corrected chi connectivity index (χ2v) is 7.42. The Morgan fingerprint density at radius 1 is 0.840 bits per heavy atom. The first-order valence-electron chi connectivity index (χ1n) is 8.85. The zero-order chi connectivity index (χ0) is 18.4. The van der Waals surface area contributed by atoms with E-state index < -0.39 is 0 Å². The van der Waals surface area contributed by atoms with Crippen LogP contribution in [-0.2, 0) is 0 Å². The van der Waals surface area contributed by atoms with E-state index in [4.69, 9.17) is 9.47 Å². The van der Waals surface area contributed by atoms with Crippen LogP contribution in [0.25, 0.3) is 0 Å². The minimum Gasteiger partial charge on any atom is -0.496 e. The average Bonchev–Trinajstić information content (AvgIpc) is 2.61. The van der Waals surface area contributed by atoms with Gasteiger partial charge in [-0.15, -0.1) is 0 Å². The van der Waals surface area contributed by atoms with E-state index in [-0.39, 0.29) is 11.5 Å². The number of para-hydroxylation sites is 2. The highest BCUT2D eigenvalue weighted by molar-refractivity contribution is 5.47. The fourth-order valence-electron chi connectivity index (χ4n) is 3.05. The number of nitrogens with zero attached hydrogens (tertiary/aromatic N) is 1. The summed E-state index contributed by atoms with van der Waals surface area (Å²) < 4.78 is 11.3. The van der Waals surface area contributed by atoms with Gasteiger partial charge in [-0.1, -0.05) is 36.4 Å². The molecule has 0 unspecified atom stereocenters. The maximum absolute atomic E-state index is 5.64. The molecular formula is C22H31NO2. The molecule has 2 aromatic carbocycles. The summed E-state index contributed by atoms with van der Waals surface area (Å²) in [4.78, 5) is 2.39. The normalized spacial score (nSPS) is 11.8. The highest BCUT2D eigenvalue weighted by Crippen LogP contribution is 2.38. The topological polar surface area (TPSA) is 21.7 Å². The molecule has 0 saturated carbocycles. The van der Waals surface area contributed by atoms with E-state index in [9.17, 15) is 0 Å².